The third-order valence-electron chi connectivity index (χ3n) is 4.79. The monoisotopic (exact) mass is 458 g/mol. The van der Waals surface area contributed by atoms with Gasteiger partial charge in [-0.3, -0.25) is 4.79 Å². The summed E-state index contributed by atoms with van der Waals surface area (Å²) in [6.45, 7) is 6.06. The second-order valence-electron chi connectivity index (χ2n) is 7.65. The summed E-state index contributed by atoms with van der Waals surface area (Å²) in [5.74, 6) is 2.45. The highest BCUT2D eigenvalue weighted by molar-refractivity contribution is 7.98. The largest absolute Gasteiger partial charge is 0.493 e. The van der Waals surface area contributed by atoms with Crippen LogP contribution in [0.25, 0.3) is 11.0 Å². The molecule has 2 heterocycles. The number of aromatic nitrogens is 4. The first kappa shape index (κ1) is 23.6. The Kier molecular flexibility index (Phi) is 8.15. The molecule has 32 heavy (non-hydrogen) atoms. The molecule has 0 fully saturated rings. The number of nitrogens with one attached hydrogen (secondary N) is 2. The number of methoxy groups -OCH3 is 2. The van der Waals surface area contributed by atoms with Gasteiger partial charge in [-0.1, -0.05) is 31.7 Å². The Bertz CT molecular complexity index is 1070. The Balaban J connectivity index is 1.63. The second kappa shape index (κ2) is 11.0. The van der Waals surface area contributed by atoms with Gasteiger partial charge in [-0.15, -0.1) is 0 Å². The first-order valence-corrected chi connectivity index (χ1v) is 11.7. The van der Waals surface area contributed by atoms with E-state index >= 15 is 0 Å². The average molecular weight is 459 g/mol. The van der Waals surface area contributed by atoms with Gasteiger partial charge in [0.05, 0.1) is 38.8 Å². The van der Waals surface area contributed by atoms with Crippen LogP contribution in [-0.4, -0.2) is 59.2 Å². The molecule has 2 N–H and O–H groups in total. The molecule has 0 aliphatic heterocycles. The van der Waals surface area contributed by atoms with Gasteiger partial charge in [0.1, 0.15) is 5.82 Å². The number of hydrogen-bond donors (Lipinski definition) is 2. The molecule has 3 rings (SSSR count). The third-order valence-corrected chi connectivity index (χ3v) is 5.34. The van der Waals surface area contributed by atoms with E-state index in [0.717, 1.165) is 29.0 Å². The fraction of sp³-hybridized carbons (Fsp3) is 0.455. The van der Waals surface area contributed by atoms with E-state index in [2.05, 4.69) is 39.5 Å². The van der Waals surface area contributed by atoms with E-state index in [0.29, 0.717) is 35.7 Å². The van der Waals surface area contributed by atoms with Crippen LogP contribution < -0.4 is 20.1 Å². The molecule has 3 aromatic rings. The molecule has 0 saturated heterocycles. The zero-order valence-electron chi connectivity index (χ0n) is 19.1. The van der Waals surface area contributed by atoms with Crippen molar-refractivity contribution >= 4 is 34.5 Å². The molecule has 0 radical (unpaired) electrons. The predicted molar refractivity (Wildman–Crippen MR) is 127 cm³/mol. The third kappa shape index (κ3) is 5.82. The average Bonchev–Trinajstić information content (AvgIpc) is 3.20. The molecule has 1 aromatic carbocycles. The number of hydrogen-bond acceptors (Lipinski definition) is 8. The van der Waals surface area contributed by atoms with E-state index in [9.17, 15) is 4.79 Å². The lowest BCUT2D eigenvalue weighted by atomic mass is 10.1. The smallest absolute Gasteiger partial charge is 0.224 e. The van der Waals surface area contributed by atoms with Crippen molar-refractivity contribution in [3.05, 3.63) is 30.0 Å². The van der Waals surface area contributed by atoms with Crippen LogP contribution in [0.2, 0.25) is 0 Å². The lowest BCUT2D eigenvalue weighted by Gasteiger charge is -2.11. The van der Waals surface area contributed by atoms with Crippen LogP contribution in [-0.2, 0) is 17.8 Å². The molecule has 9 nitrogen and oxygen atoms in total. The Morgan fingerprint density at radius 1 is 1.19 bits per heavy atom. The molecule has 0 aliphatic carbocycles. The maximum Gasteiger partial charge on any atom is 0.224 e. The topological polar surface area (TPSA) is 103 Å². The minimum absolute atomic E-state index is 0.0765. The van der Waals surface area contributed by atoms with E-state index in [1.807, 2.05) is 18.4 Å². The quantitative estimate of drug-likeness (QED) is 0.334. The van der Waals surface area contributed by atoms with Gasteiger partial charge >= 0.3 is 0 Å². The lowest BCUT2D eigenvalue weighted by Crippen LogP contribution is -2.29. The van der Waals surface area contributed by atoms with Gasteiger partial charge < -0.3 is 20.1 Å². The summed E-state index contributed by atoms with van der Waals surface area (Å²) in [5.41, 5.74) is 1.60. The first-order valence-electron chi connectivity index (χ1n) is 10.4. The molecule has 0 aliphatic rings. The summed E-state index contributed by atoms with van der Waals surface area (Å²) in [6.07, 6.45) is 3.97. The normalized spacial score (nSPS) is 11.1. The molecule has 2 aromatic heterocycles. The number of fused-ring (bicyclic) bond motifs is 1. The standard InChI is InChI=1S/C22H30N6O3S/c1-14(2)12-24-20-16-13-25-28(21(16)27-22(26-20)32-5)9-8-23-19(29)11-15-6-7-17(30-3)18(10-15)31-4/h6-7,10,13-14H,8-9,11-12H2,1-5H3,(H,23,29)(H,24,26,27). The van der Waals surface area contributed by atoms with Gasteiger partial charge in [0.15, 0.2) is 22.3 Å². The number of rotatable bonds is 11. The highest BCUT2D eigenvalue weighted by Crippen LogP contribution is 2.27. The minimum atomic E-state index is -0.0765. The number of carbonyl (C=O) groups excluding carboxylic acids is 1. The summed E-state index contributed by atoms with van der Waals surface area (Å²) in [4.78, 5) is 21.6. The van der Waals surface area contributed by atoms with E-state index in [1.54, 1.807) is 31.2 Å². The van der Waals surface area contributed by atoms with Crippen LogP contribution in [0.5, 0.6) is 11.5 Å². The van der Waals surface area contributed by atoms with Crippen LogP contribution in [0.15, 0.2) is 29.6 Å². The van der Waals surface area contributed by atoms with Crippen LogP contribution in [0, 0.1) is 5.92 Å². The maximum atomic E-state index is 12.4. The number of anilines is 1. The maximum absolute atomic E-state index is 12.4. The summed E-state index contributed by atoms with van der Waals surface area (Å²) in [5, 5.41) is 12.4. The number of ether oxygens (including phenoxy) is 2. The molecule has 0 unspecified atom stereocenters. The fourth-order valence-electron chi connectivity index (χ4n) is 3.17. The summed E-state index contributed by atoms with van der Waals surface area (Å²) >= 11 is 1.49. The molecule has 10 heteroatoms. The number of thioether (sulfide) groups is 1. The fourth-order valence-corrected chi connectivity index (χ4v) is 3.53. The first-order chi connectivity index (χ1) is 15.4. The van der Waals surface area contributed by atoms with Crippen LogP contribution in [0.4, 0.5) is 5.82 Å². The zero-order valence-corrected chi connectivity index (χ0v) is 20.0. The Morgan fingerprint density at radius 2 is 1.97 bits per heavy atom. The lowest BCUT2D eigenvalue weighted by molar-refractivity contribution is -0.120. The molecular weight excluding hydrogens is 428 g/mol. The Morgan fingerprint density at radius 3 is 2.66 bits per heavy atom. The van der Waals surface area contributed by atoms with Gasteiger partial charge in [0, 0.05) is 13.1 Å². The van der Waals surface area contributed by atoms with Crippen molar-refractivity contribution in [3.8, 4) is 11.5 Å². The second-order valence-corrected chi connectivity index (χ2v) is 8.43. The van der Waals surface area contributed by atoms with Gasteiger partial charge in [0.2, 0.25) is 5.91 Å². The van der Waals surface area contributed by atoms with Crippen molar-refractivity contribution in [2.45, 2.75) is 32.0 Å². The molecule has 1 amide bonds. The zero-order chi connectivity index (χ0) is 23.1. The van der Waals surface area contributed by atoms with E-state index in [-0.39, 0.29) is 12.3 Å². The predicted octanol–water partition coefficient (Wildman–Crippen LogP) is 2.99. The van der Waals surface area contributed by atoms with Crippen LogP contribution in [0.3, 0.4) is 0 Å². The Hall–Kier alpha value is -3.01. The van der Waals surface area contributed by atoms with Crippen molar-refractivity contribution in [1.29, 1.82) is 0 Å². The van der Waals surface area contributed by atoms with Crippen molar-refractivity contribution in [2.75, 3.05) is 38.9 Å². The molecule has 172 valence electrons. The van der Waals surface area contributed by atoms with Crippen LogP contribution in [0.1, 0.15) is 19.4 Å². The minimum Gasteiger partial charge on any atom is -0.493 e. The highest BCUT2D eigenvalue weighted by atomic mass is 32.2. The molecule has 0 bridgehead atoms. The van der Waals surface area contributed by atoms with E-state index in [4.69, 9.17) is 9.47 Å². The van der Waals surface area contributed by atoms with Crippen molar-refractivity contribution < 1.29 is 14.3 Å². The van der Waals surface area contributed by atoms with Gasteiger partial charge in [-0.25, -0.2) is 14.6 Å². The molecule has 0 spiro atoms. The van der Waals surface area contributed by atoms with Gasteiger partial charge in [-0.05, 0) is 29.9 Å². The van der Waals surface area contributed by atoms with Crippen molar-refractivity contribution in [1.82, 2.24) is 25.1 Å². The van der Waals surface area contributed by atoms with Gasteiger partial charge in [-0.2, -0.15) is 5.10 Å². The molecule has 0 atom stereocenters. The molecule has 0 saturated carbocycles. The number of benzene rings is 1. The SMILES string of the molecule is COc1ccc(CC(=O)NCCn2ncc3c(NCC(C)C)nc(SC)nc32)cc1OC. The summed E-state index contributed by atoms with van der Waals surface area (Å²) < 4.78 is 12.3. The van der Waals surface area contributed by atoms with Crippen LogP contribution >= 0.6 is 11.8 Å². The summed E-state index contributed by atoms with van der Waals surface area (Å²) in [7, 11) is 3.16. The van der Waals surface area contributed by atoms with Gasteiger partial charge in [0.25, 0.3) is 0 Å². The summed E-state index contributed by atoms with van der Waals surface area (Å²) in [6, 6.07) is 5.46. The van der Waals surface area contributed by atoms with Crippen molar-refractivity contribution in [3.63, 3.8) is 0 Å². The number of carbonyl (C=O) groups is 1. The number of amides is 1. The Labute approximate surface area is 192 Å². The van der Waals surface area contributed by atoms with E-state index < -0.39 is 0 Å². The highest BCUT2D eigenvalue weighted by Gasteiger charge is 2.14. The van der Waals surface area contributed by atoms with Crippen molar-refractivity contribution in [2.24, 2.45) is 5.92 Å². The molecular formula is C22H30N6O3S. The van der Waals surface area contributed by atoms with E-state index in [1.165, 1.54) is 11.8 Å². The number of nitrogens with zero attached hydrogens (tertiary/aromatic N) is 4.